The standard InChI is InChI=1S/C11H16N2O2/c1-13(6-9-2-5-15-7-9)10(14)11(8-12)3-4-11/h2,5,7H,3-4,6,8,12H2,1H3. The molecule has 0 bridgehead atoms. The van der Waals surface area contributed by atoms with Crippen LogP contribution in [0.1, 0.15) is 18.4 Å². The lowest BCUT2D eigenvalue weighted by Crippen LogP contribution is -2.37. The molecule has 1 aromatic heterocycles. The van der Waals surface area contributed by atoms with Gasteiger partial charge in [-0.2, -0.15) is 0 Å². The minimum Gasteiger partial charge on any atom is -0.472 e. The number of nitrogens with zero attached hydrogens (tertiary/aromatic N) is 1. The van der Waals surface area contributed by atoms with E-state index in [1.165, 1.54) is 0 Å². The predicted molar refractivity (Wildman–Crippen MR) is 55.9 cm³/mol. The summed E-state index contributed by atoms with van der Waals surface area (Å²) in [5.74, 6) is 0.159. The summed E-state index contributed by atoms with van der Waals surface area (Å²) >= 11 is 0. The largest absolute Gasteiger partial charge is 0.472 e. The lowest BCUT2D eigenvalue weighted by molar-refractivity contribution is -0.135. The summed E-state index contributed by atoms with van der Waals surface area (Å²) in [5, 5.41) is 0. The third kappa shape index (κ3) is 1.90. The van der Waals surface area contributed by atoms with Crippen molar-refractivity contribution in [3.8, 4) is 0 Å². The maximum atomic E-state index is 12.0. The topological polar surface area (TPSA) is 59.5 Å². The summed E-state index contributed by atoms with van der Waals surface area (Å²) in [7, 11) is 1.81. The number of nitrogens with two attached hydrogens (primary N) is 1. The van der Waals surface area contributed by atoms with Crippen LogP contribution in [0.2, 0.25) is 0 Å². The number of carbonyl (C=O) groups excluding carboxylic acids is 1. The van der Waals surface area contributed by atoms with Gasteiger partial charge >= 0.3 is 0 Å². The average Bonchev–Trinajstić information content (AvgIpc) is 2.89. The molecule has 1 saturated carbocycles. The van der Waals surface area contributed by atoms with Crippen LogP contribution < -0.4 is 5.73 Å². The first kappa shape index (κ1) is 10.2. The van der Waals surface area contributed by atoms with Gasteiger partial charge in [0.2, 0.25) is 5.91 Å². The van der Waals surface area contributed by atoms with Crippen molar-refractivity contribution in [2.75, 3.05) is 13.6 Å². The van der Waals surface area contributed by atoms with Crippen LogP contribution in [-0.2, 0) is 11.3 Å². The number of furan rings is 1. The normalized spacial score (nSPS) is 17.5. The first-order valence-electron chi connectivity index (χ1n) is 5.15. The monoisotopic (exact) mass is 208 g/mol. The third-order valence-electron chi connectivity index (χ3n) is 3.04. The Balaban J connectivity index is 1.96. The van der Waals surface area contributed by atoms with Crippen molar-refractivity contribution < 1.29 is 9.21 Å². The average molecular weight is 208 g/mol. The number of amides is 1. The number of carbonyl (C=O) groups is 1. The maximum absolute atomic E-state index is 12.0. The summed E-state index contributed by atoms with van der Waals surface area (Å²) in [4.78, 5) is 13.7. The highest BCUT2D eigenvalue weighted by Crippen LogP contribution is 2.46. The molecule has 0 atom stereocenters. The summed E-state index contributed by atoms with van der Waals surface area (Å²) in [6, 6.07) is 1.87. The Labute approximate surface area is 89.0 Å². The zero-order chi connectivity index (χ0) is 10.9. The molecule has 1 heterocycles. The minimum atomic E-state index is -0.252. The molecule has 15 heavy (non-hydrogen) atoms. The van der Waals surface area contributed by atoms with E-state index >= 15 is 0 Å². The van der Waals surface area contributed by atoms with Crippen LogP contribution in [0.3, 0.4) is 0 Å². The number of rotatable bonds is 4. The van der Waals surface area contributed by atoms with Crippen LogP contribution >= 0.6 is 0 Å². The van der Waals surface area contributed by atoms with Gasteiger partial charge in [-0.05, 0) is 18.9 Å². The zero-order valence-electron chi connectivity index (χ0n) is 8.90. The molecule has 2 N–H and O–H groups in total. The van der Waals surface area contributed by atoms with Gasteiger partial charge in [-0.25, -0.2) is 0 Å². The fraction of sp³-hybridized carbons (Fsp3) is 0.545. The zero-order valence-corrected chi connectivity index (χ0v) is 8.90. The van der Waals surface area contributed by atoms with Crippen molar-refractivity contribution in [1.82, 2.24) is 4.90 Å². The smallest absolute Gasteiger partial charge is 0.230 e. The van der Waals surface area contributed by atoms with Crippen molar-refractivity contribution in [2.45, 2.75) is 19.4 Å². The number of hydrogen-bond acceptors (Lipinski definition) is 3. The molecule has 1 fully saturated rings. The Morgan fingerprint density at radius 2 is 2.40 bits per heavy atom. The van der Waals surface area contributed by atoms with Gasteiger partial charge in [0.25, 0.3) is 0 Å². The van der Waals surface area contributed by atoms with Gasteiger partial charge in [-0.15, -0.1) is 0 Å². The van der Waals surface area contributed by atoms with Crippen molar-refractivity contribution in [2.24, 2.45) is 11.1 Å². The van der Waals surface area contributed by atoms with Crippen LogP contribution in [0.25, 0.3) is 0 Å². The van der Waals surface area contributed by atoms with Crippen molar-refractivity contribution in [3.63, 3.8) is 0 Å². The van der Waals surface area contributed by atoms with Crippen LogP contribution in [0.15, 0.2) is 23.0 Å². The van der Waals surface area contributed by atoms with Gasteiger partial charge in [0.15, 0.2) is 0 Å². The molecule has 4 nitrogen and oxygen atoms in total. The fourth-order valence-corrected chi connectivity index (χ4v) is 1.79. The molecule has 1 amide bonds. The highest BCUT2D eigenvalue weighted by molar-refractivity contribution is 5.85. The molecule has 0 spiro atoms. The van der Waals surface area contributed by atoms with Crippen molar-refractivity contribution in [3.05, 3.63) is 24.2 Å². The second-order valence-corrected chi connectivity index (χ2v) is 4.28. The molecule has 1 aromatic rings. The minimum absolute atomic E-state index is 0.159. The lowest BCUT2D eigenvalue weighted by atomic mass is 10.1. The fourth-order valence-electron chi connectivity index (χ4n) is 1.79. The van der Waals surface area contributed by atoms with Crippen molar-refractivity contribution in [1.29, 1.82) is 0 Å². The molecule has 4 heteroatoms. The van der Waals surface area contributed by atoms with Gasteiger partial charge in [-0.1, -0.05) is 0 Å². The van der Waals surface area contributed by atoms with E-state index in [1.807, 2.05) is 13.1 Å². The Hall–Kier alpha value is -1.29. The van der Waals surface area contributed by atoms with E-state index < -0.39 is 0 Å². The molecule has 82 valence electrons. The molecule has 0 aliphatic heterocycles. The second-order valence-electron chi connectivity index (χ2n) is 4.28. The van der Waals surface area contributed by atoms with E-state index in [2.05, 4.69) is 0 Å². The summed E-state index contributed by atoms with van der Waals surface area (Å²) in [5.41, 5.74) is 6.38. The highest BCUT2D eigenvalue weighted by atomic mass is 16.3. The third-order valence-corrected chi connectivity index (χ3v) is 3.04. The first-order chi connectivity index (χ1) is 7.18. The summed E-state index contributed by atoms with van der Waals surface area (Å²) < 4.78 is 4.96. The van der Waals surface area contributed by atoms with Gasteiger partial charge in [0.05, 0.1) is 17.9 Å². The second kappa shape index (κ2) is 3.70. The van der Waals surface area contributed by atoms with E-state index in [4.69, 9.17) is 10.2 Å². The number of hydrogen-bond donors (Lipinski definition) is 1. The van der Waals surface area contributed by atoms with E-state index in [0.29, 0.717) is 13.1 Å². The van der Waals surface area contributed by atoms with Crippen LogP contribution in [0.4, 0.5) is 0 Å². The SMILES string of the molecule is CN(Cc1ccoc1)C(=O)C1(CN)CC1. The molecule has 0 aromatic carbocycles. The molecule has 1 aliphatic rings. The Morgan fingerprint density at radius 3 is 2.87 bits per heavy atom. The quantitative estimate of drug-likeness (QED) is 0.802. The first-order valence-corrected chi connectivity index (χ1v) is 5.15. The van der Waals surface area contributed by atoms with E-state index in [0.717, 1.165) is 18.4 Å². The van der Waals surface area contributed by atoms with Crippen LogP contribution in [0.5, 0.6) is 0 Å². The molecule has 0 unspecified atom stereocenters. The Morgan fingerprint density at radius 1 is 1.67 bits per heavy atom. The molecule has 0 radical (unpaired) electrons. The van der Waals surface area contributed by atoms with E-state index in [-0.39, 0.29) is 11.3 Å². The summed E-state index contributed by atoms with van der Waals surface area (Å²) in [6.07, 6.45) is 5.13. The van der Waals surface area contributed by atoms with Gasteiger partial charge in [0, 0.05) is 25.7 Å². The van der Waals surface area contributed by atoms with Gasteiger partial charge in [0.1, 0.15) is 0 Å². The molecular formula is C11H16N2O2. The molecular weight excluding hydrogens is 192 g/mol. The Kier molecular flexibility index (Phi) is 2.52. The molecule has 1 aliphatic carbocycles. The molecule has 0 saturated heterocycles. The summed E-state index contributed by atoms with van der Waals surface area (Å²) in [6.45, 7) is 1.05. The Bertz CT molecular complexity index is 341. The lowest BCUT2D eigenvalue weighted by Gasteiger charge is -2.21. The van der Waals surface area contributed by atoms with E-state index in [1.54, 1.807) is 17.4 Å². The van der Waals surface area contributed by atoms with Crippen molar-refractivity contribution >= 4 is 5.91 Å². The molecule has 2 rings (SSSR count). The maximum Gasteiger partial charge on any atom is 0.230 e. The van der Waals surface area contributed by atoms with Crippen LogP contribution in [-0.4, -0.2) is 24.4 Å². The predicted octanol–water partition coefficient (Wildman–Crippen LogP) is 0.977. The highest BCUT2D eigenvalue weighted by Gasteiger charge is 2.49. The van der Waals surface area contributed by atoms with Crippen LogP contribution in [0, 0.1) is 5.41 Å². The van der Waals surface area contributed by atoms with E-state index in [9.17, 15) is 4.79 Å². The van der Waals surface area contributed by atoms with Gasteiger partial charge in [-0.3, -0.25) is 4.79 Å². The van der Waals surface area contributed by atoms with Gasteiger partial charge < -0.3 is 15.1 Å².